The van der Waals surface area contributed by atoms with Crippen molar-refractivity contribution >= 4 is 11.7 Å². The number of hydrogen-bond donors (Lipinski definition) is 1. The molecule has 0 atom stereocenters. The van der Waals surface area contributed by atoms with Gasteiger partial charge >= 0.3 is 5.97 Å². The zero-order valence-electron chi connectivity index (χ0n) is 10.7. The minimum absolute atomic E-state index is 0.250. The van der Waals surface area contributed by atoms with Gasteiger partial charge in [-0.05, 0) is 31.4 Å². The highest BCUT2D eigenvalue weighted by Gasteiger charge is 2.08. The second-order valence-electron chi connectivity index (χ2n) is 4.39. The van der Waals surface area contributed by atoms with Crippen molar-refractivity contribution in [2.45, 2.75) is 34.2 Å². The number of nitrogens with zero attached hydrogens (tertiary/aromatic N) is 2. The third kappa shape index (κ3) is 3.66. The van der Waals surface area contributed by atoms with Crippen LogP contribution < -0.4 is 0 Å². The summed E-state index contributed by atoms with van der Waals surface area (Å²) in [7, 11) is 0. The summed E-state index contributed by atoms with van der Waals surface area (Å²) in [5, 5.41) is 8.98. The molecule has 0 saturated carbocycles. The minimum atomic E-state index is -0.943. The molecule has 1 rings (SSSR count). The van der Waals surface area contributed by atoms with E-state index in [1.54, 1.807) is 19.2 Å². The SMILES string of the molecule is CC(=NCc1cnc(C)c(C(=O)O)c1)C(C)C. The summed E-state index contributed by atoms with van der Waals surface area (Å²) >= 11 is 0. The summed E-state index contributed by atoms with van der Waals surface area (Å²) in [6, 6.07) is 1.64. The molecule has 17 heavy (non-hydrogen) atoms. The van der Waals surface area contributed by atoms with Crippen molar-refractivity contribution in [3.05, 3.63) is 29.1 Å². The first-order valence-electron chi connectivity index (χ1n) is 5.61. The average Bonchev–Trinajstić information content (AvgIpc) is 2.26. The van der Waals surface area contributed by atoms with Gasteiger partial charge in [-0.1, -0.05) is 13.8 Å². The maximum Gasteiger partial charge on any atom is 0.337 e. The maximum absolute atomic E-state index is 10.9. The molecule has 1 aromatic rings. The number of aromatic nitrogens is 1. The van der Waals surface area contributed by atoms with Gasteiger partial charge in [0.1, 0.15) is 0 Å². The van der Waals surface area contributed by atoms with Gasteiger partial charge < -0.3 is 5.11 Å². The summed E-state index contributed by atoms with van der Waals surface area (Å²) in [5.74, 6) is -0.534. The van der Waals surface area contributed by atoms with Crippen molar-refractivity contribution in [3.63, 3.8) is 0 Å². The Hall–Kier alpha value is -1.71. The van der Waals surface area contributed by atoms with Crippen molar-refractivity contribution in [1.29, 1.82) is 0 Å². The molecule has 0 aromatic carbocycles. The van der Waals surface area contributed by atoms with Crippen molar-refractivity contribution < 1.29 is 9.90 Å². The lowest BCUT2D eigenvalue weighted by molar-refractivity contribution is 0.0695. The number of carboxylic acids is 1. The van der Waals surface area contributed by atoms with Gasteiger partial charge in [-0.15, -0.1) is 0 Å². The highest BCUT2D eigenvalue weighted by Crippen LogP contribution is 2.10. The van der Waals surface area contributed by atoms with Crippen LogP contribution in [0.3, 0.4) is 0 Å². The predicted octanol–water partition coefficient (Wildman–Crippen LogP) is 2.71. The number of hydrogen-bond acceptors (Lipinski definition) is 3. The summed E-state index contributed by atoms with van der Waals surface area (Å²) < 4.78 is 0. The molecule has 0 saturated heterocycles. The summed E-state index contributed by atoms with van der Waals surface area (Å²) in [5.41, 5.74) is 2.67. The number of pyridine rings is 1. The van der Waals surface area contributed by atoms with Crippen LogP contribution in [0.5, 0.6) is 0 Å². The molecule has 0 aliphatic heterocycles. The molecule has 1 aromatic heterocycles. The molecular weight excluding hydrogens is 216 g/mol. The summed E-state index contributed by atoms with van der Waals surface area (Å²) in [4.78, 5) is 19.4. The Morgan fingerprint density at radius 1 is 1.53 bits per heavy atom. The molecule has 0 unspecified atom stereocenters. The number of carbonyl (C=O) groups is 1. The largest absolute Gasteiger partial charge is 0.478 e. The van der Waals surface area contributed by atoms with Gasteiger partial charge in [-0.2, -0.15) is 0 Å². The molecule has 0 radical (unpaired) electrons. The molecule has 0 fully saturated rings. The molecule has 0 spiro atoms. The highest BCUT2D eigenvalue weighted by atomic mass is 16.4. The molecule has 0 aliphatic rings. The fourth-order valence-electron chi connectivity index (χ4n) is 1.28. The van der Waals surface area contributed by atoms with E-state index in [4.69, 9.17) is 5.11 Å². The van der Waals surface area contributed by atoms with Crippen molar-refractivity contribution in [2.24, 2.45) is 10.9 Å². The fraction of sp³-hybridized carbons (Fsp3) is 0.462. The van der Waals surface area contributed by atoms with Crippen molar-refractivity contribution in [2.75, 3.05) is 0 Å². The number of rotatable bonds is 4. The number of aliphatic imine (C=N–C) groups is 1. The number of aryl methyl sites for hydroxylation is 1. The number of aromatic carboxylic acids is 1. The topological polar surface area (TPSA) is 62.5 Å². The molecule has 4 nitrogen and oxygen atoms in total. The second kappa shape index (κ2) is 5.57. The van der Waals surface area contributed by atoms with E-state index in [9.17, 15) is 4.79 Å². The molecule has 0 bridgehead atoms. The third-order valence-corrected chi connectivity index (χ3v) is 2.72. The quantitative estimate of drug-likeness (QED) is 0.815. The lowest BCUT2D eigenvalue weighted by Gasteiger charge is -2.05. The highest BCUT2D eigenvalue weighted by molar-refractivity contribution is 5.89. The van der Waals surface area contributed by atoms with Gasteiger partial charge in [0.15, 0.2) is 0 Å². The molecule has 1 N–H and O–H groups in total. The van der Waals surface area contributed by atoms with E-state index in [-0.39, 0.29) is 5.56 Å². The van der Waals surface area contributed by atoms with Crippen LogP contribution >= 0.6 is 0 Å². The van der Waals surface area contributed by atoms with Crippen LogP contribution in [-0.4, -0.2) is 21.8 Å². The monoisotopic (exact) mass is 234 g/mol. The van der Waals surface area contributed by atoms with E-state index >= 15 is 0 Å². The van der Waals surface area contributed by atoms with Gasteiger partial charge in [0.25, 0.3) is 0 Å². The lowest BCUT2D eigenvalue weighted by Crippen LogP contribution is -2.05. The second-order valence-corrected chi connectivity index (χ2v) is 4.39. The Morgan fingerprint density at radius 3 is 2.71 bits per heavy atom. The van der Waals surface area contributed by atoms with Crippen LogP contribution in [0.15, 0.2) is 17.3 Å². The predicted molar refractivity (Wildman–Crippen MR) is 67.6 cm³/mol. The van der Waals surface area contributed by atoms with Crippen LogP contribution in [-0.2, 0) is 6.54 Å². The Bertz CT molecular complexity index is 451. The zero-order valence-corrected chi connectivity index (χ0v) is 10.7. The van der Waals surface area contributed by atoms with Gasteiger partial charge in [-0.25, -0.2) is 4.79 Å². The molecule has 4 heteroatoms. The van der Waals surface area contributed by atoms with Crippen LogP contribution in [0.4, 0.5) is 0 Å². The lowest BCUT2D eigenvalue weighted by atomic mass is 10.1. The standard InChI is InChI=1S/C13H18N2O2/c1-8(2)9(3)14-6-11-5-12(13(16)17)10(4)15-7-11/h5,7-8H,6H2,1-4H3,(H,16,17). The summed E-state index contributed by atoms with van der Waals surface area (Å²) in [6.45, 7) is 8.31. The van der Waals surface area contributed by atoms with Crippen molar-refractivity contribution in [1.82, 2.24) is 4.98 Å². The third-order valence-electron chi connectivity index (χ3n) is 2.72. The van der Waals surface area contributed by atoms with E-state index in [0.717, 1.165) is 11.3 Å². The van der Waals surface area contributed by atoms with E-state index in [0.29, 0.717) is 18.2 Å². The van der Waals surface area contributed by atoms with E-state index in [1.807, 2.05) is 6.92 Å². The van der Waals surface area contributed by atoms with Gasteiger partial charge in [0, 0.05) is 11.9 Å². The first kappa shape index (κ1) is 13.4. The molecule has 1 heterocycles. The zero-order chi connectivity index (χ0) is 13.0. The first-order chi connectivity index (χ1) is 7.91. The molecule has 0 aliphatic carbocycles. The first-order valence-corrected chi connectivity index (χ1v) is 5.61. The average molecular weight is 234 g/mol. The molecule has 92 valence electrons. The maximum atomic E-state index is 10.9. The Labute approximate surface area is 101 Å². The van der Waals surface area contributed by atoms with E-state index in [1.165, 1.54) is 0 Å². The molecule has 0 amide bonds. The molecular formula is C13H18N2O2. The van der Waals surface area contributed by atoms with Crippen LogP contribution in [0.1, 0.15) is 42.4 Å². The normalized spacial score (nSPS) is 11.9. The fourth-order valence-corrected chi connectivity index (χ4v) is 1.28. The number of carboxylic acid groups (broad SMARTS) is 1. The van der Waals surface area contributed by atoms with E-state index in [2.05, 4.69) is 23.8 Å². The summed E-state index contributed by atoms with van der Waals surface area (Å²) in [6.07, 6.45) is 1.68. The van der Waals surface area contributed by atoms with Crippen LogP contribution in [0, 0.1) is 12.8 Å². The van der Waals surface area contributed by atoms with E-state index < -0.39 is 5.97 Å². The Morgan fingerprint density at radius 2 is 2.18 bits per heavy atom. The Kier molecular flexibility index (Phi) is 4.37. The van der Waals surface area contributed by atoms with Gasteiger partial charge in [-0.3, -0.25) is 9.98 Å². The van der Waals surface area contributed by atoms with Gasteiger partial charge in [0.05, 0.1) is 17.8 Å². The van der Waals surface area contributed by atoms with Crippen molar-refractivity contribution in [3.8, 4) is 0 Å². The Balaban J connectivity index is 2.90. The smallest absolute Gasteiger partial charge is 0.337 e. The minimum Gasteiger partial charge on any atom is -0.478 e. The van der Waals surface area contributed by atoms with Crippen LogP contribution in [0.25, 0.3) is 0 Å². The van der Waals surface area contributed by atoms with Crippen LogP contribution in [0.2, 0.25) is 0 Å². The van der Waals surface area contributed by atoms with Gasteiger partial charge in [0.2, 0.25) is 0 Å².